The number of amides is 1. The summed E-state index contributed by atoms with van der Waals surface area (Å²) < 4.78 is 21.8. The second-order valence-electron chi connectivity index (χ2n) is 4.12. The van der Waals surface area contributed by atoms with Crippen molar-refractivity contribution in [1.29, 1.82) is 0 Å². The van der Waals surface area contributed by atoms with Gasteiger partial charge in [0.05, 0.1) is 11.3 Å². The zero-order valence-corrected chi connectivity index (χ0v) is 11.2. The molecule has 19 heavy (non-hydrogen) atoms. The van der Waals surface area contributed by atoms with Gasteiger partial charge < -0.3 is 10.4 Å². The molecule has 7 heteroatoms. The van der Waals surface area contributed by atoms with Crippen LogP contribution in [-0.4, -0.2) is 44.0 Å². The molecule has 6 nitrogen and oxygen atoms in total. The third kappa shape index (κ3) is 5.52. The summed E-state index contributed by atoms with van der Waals surface area (Å²) in [5.74, 6) is -1.39. The van der Waals surface area contributed by atoms with Crippen LogP contribution in [0.5, 0.6) is 0 Å². The van der Waals surface area contributed by atoms with Gasteiger partial charge in [-0.2, -0.15) is 0 Å². The molecule has 0 aromatic heterocycles. The fourth-order valence-corrected chi connectivity index (χ4v) is 2.07. The van der Waals surface area contributed by atoms with Crippen LogP contribution < -0.4 is 5.32 Å². The molecule has 0 spiro atoms. The number of hydrogen-bond acceptors (Lipinski definition) is 4. The molecule has 1 aromatic rings. The molecule has 0 heterocycles. The van der Waals surface area contributed by atoms with E-state index in [2.05, 4.69) is 5.32 Å². The van der Waals surface area contributed by atoms with Gasteiger partial charge in [0, 0.05) is 18.4 Å². The monoisotopic (exact) mass is 285 g/mol. The van der Waals surface area contributed by atoms with Crippen molar-refractivity contribution >= 4 is 21.7 Å². The minimum absolute atomic E-state index is 0.0191. The topological polar surface area (TPSA) is 101 Å². The Balaban J connectivity index is 2.48. The van der Waals surface area contributed by atoms with Crippen molar-refractivity contribution in [2.45, 2.75) is 6.42 Å². The molecule has 1 amide bonds. The Morgan fingerprint density at radius 3 is 2.16 bits per heavy atom. The zero-order valence-electron chi connectivity index (χ0n) is 10.4. The first-order valence-corrected chi connectivity index (χ1v) is 7.65. The van der Waals surface area contributed by atoms with Crippen molar-refractivity contribution in [3.8, 4) is 0 Å². The van der Waals surface area contributed by atoms with Crippen molar-refractivity contribution in [2.24, 2.45) is 0 Å². The highest BCUT2D eigenvalue weighted by Crippen LogP contribution is 2.04. The SMILES string of the molecule is CS(=O)(=O)CCCNC(=O)c1ccc(C(=O)O)cc1. The van der Waals surface area contributed by atoms with Crippen LogP contribution in [0.3, 0.4) is 0 Å². The van der Waals surface area contributed by atoms with Crippen molar-refractivity contribution in [2.75, 3.05) is 18.6 Å². The first kappa shape index (κ1) is 15.2. The van der Waals surface area contributed by atoms with E-state index in [1.54, 1.807) is 0 Å². The number of nitrogens with one attached hydrogen (secondary N) is 1. The number of sulfone groups is 1. The number of rotatable bonds is 6. The summed E-state index contributed by atoms with van der Waals surface area (Å²) in [5, 5.41) is 11.3. The van der Waals surface area contributed by atoms with Crippen LogP contribution in [0.15, 0.2) is 24.3 Å². The minimum Gasteiger partial charge on any atom is -0.478 e. The number of benzene rings is 1. The Bertz CT molecular complexity index is 562. The minimum atomic E-state index is -3.02. The van der Waals surface area contributed by atoms with Gasteiger partial charge in [-0.1, -0.05) is 0 Å². The standard InChI is InChI=1S/C12H15NO5S/c1-19(17,18)8-2-7-13-11(14)9-3-5-10(6-4-9)12(15)16/h3-6H,2,7-8H2,1H3,(H,13,14)(H,15,16). The lowest BCUT2D eigenvalue weighted by molar-refractivity contribution is 0.0696. The highest BCUT2D eigenvalue weighted by atomic mass is 32.2. The van der Waals surface area contributed by atoms with Crippen LogP contribution in [0.4, 0.5) is 0 Å². The van der Waals surface area contributed by atoms with Gasteiger partial charge in [-0.25, -0.2) is 13.2 Å². The Kier molecular flexibility index (Phi) is 5.05. The van der Waals surface area contributed by atoms with Crippen molar-refractivity contribution in [3.05, 3.63) is 35.4 Å². The summed E-state index contributed by atoms with van der Waals surface area (Å²) in [6.07, 6.45) is 1.48. The zero-order chi connectivity index (χ0) is 14.5. The van der Waals surface area contributed by atoms with E-state index in [1.165, 1.54) is 24.3 Å². The number of hydrogen-bond donors (Lipinski definition) is 2. The molecule has 0 atom stereocenters. The van der Waals surface area contributed by atoms with Gasteiger partial charge in [0.1, 0.15) is 9.84 Å². The van der Waals surface area contributed by atoms with Gasteiger partial charge in [0.25, 0.3) is 5.91 Å². The maximum absolute atomic E-state index is 11.6. The lowest BCUT2D eigenvalue weighted by Gasteiger charge is -2.05. The number of carbonyl (C=O) groups excluding carboxylic acids is 1. The molecule has 0 saturated heterocycles. The average molecular weight is 285 g/mol. The fourth-order valence-electron chi connectivity index (χ4n) is 1.40. The van der Waals surface area contributed by atoms with Crippen molar-refractivity contribution in [1.82, 2.24) is 5.32 Å². The summed E-state index contributed by atoms with van der Waals surface area (Å²) in [4.78, 5) is 22.3. The Labute approximate surface area is 111 Å². The maximum Gasteiger partial charge on any atom is 0.335 e. The lowest BCUT2D eigenvalue weighted by Crippen LogP contribution is -2.25. The van der Waals surface area contributed by atoms with E-state index in [-0.39, 0.29) is 23.8 Å². The van der Waals surface area contributed by atoms with E-state index >= 15 is 0 Å². The van der Waals surface area contributed by atoms with Crippen LogP contribution >= 0.6 is 0 Å². The number of carbonyl (C=O) groups is 2. The molecule has 0 bridgehead atoms. The summed E-state index contributed by atoms with van der Waals surface area (Å²) in [5.41, 5.74) is 0.443. The van der Waals surface area contributed by atoms with E-state index in [9.17, 15) is 18.0 Å². The van der Waals surface area contributed by atoms with Gasteiger partial charge >= 0.3 is 5.97 Å². The van der Waals surface area contributed by atoms with Gasteiger partial charge in [-0.3, -0.25) is 4.79 Å². The highest BCUT2D eigenvalue weighted by Gasteiger charge is 2.08. The summed E-state index contributed by atoms with van der Waals surface area (Å²) in [6, 6.07) is 5.51. The average Bonchev–Trinajstić information content (AvgIpc) is 2.33. The molecule has 1 aromatic carbocycles. The Morgan fingerprint density at radius 2 is 1.68 bits per heavy atom. The molecule has 0 saturated carbocycles. The predicted octanol–water partition coefficient (Wildman–Crippen LogP) is 0.549. The molecule has 0 aliphatic carbocycles. The lowest BCUT2D eigenvalue weighted by atomic mass is 10.1. The van der Waals surface area contributed by atoms with E-state index in [0.717, 1.165) is 6.26 Å². The normalized spacial score (nSPS) is 11.0. The predicted molar refractivity (Wildman–Crippen MR) is 70.1 cm³/mol. The Morgan fingerprint density at radius 1 is 1.16 bits per heavy atom. The molecule has 104 valence electrons. The van der Waals surface area contributed by atoms with E-state index in [4.69, 9.17) is 5.11 Å². The molecule has 0 unspecified atom stereocenters. The molecule has 0 aliphatic rings. The molecular formula is C12H15NO5S. The largest absolute Gasteiger partial charge is 0.478 e. The summed E-state index contributed by atoms with van der Waals surface area (Å²) >= 11 is 0. The highest BCUT2D eigenvalue weighted by molar-refractivity contribution is 7.90. The van der Waals surface area contributed by atoms with E-state index in [0.29, 0.717) is 12.0 Å². The molecule has 0 fully saturated rings. The first-order chi connectivity index (χ1) is 8.79. The van der Waals surface area contributed by atoms with Crippen LogP contribution in [0.25, 0.3) is 0 Å². The van der Waals surface area contributed by atoms with Gasteiger partial charge in [0.2, 0.25) is 0 Å². The summed E-state index contributed by atoms with van der Waals surface area (Å²) in [6.45, 7) is 0.257. The fraction of sp³-hybridized carbons (Fsp3) is 0.333. The van der Waals surface area contributed by atoms with Crippen molar-refractivity contribution in [3.63, 3.8) is 0 Å². The second kappa shape index (κ2) is 6.33. The van der Waals surface area contributed by atoms with Gasteiger partial charge in [-0.05, 0) is 30.7 Å². The first-order valence-electron chi connectivity index (χ1n) is 5.59. The quantitative estimate of drug-likeness (QED) is 0.743. The van der Waals surface area contributed by atoms with Gasteiger partial charge in [0.15, 0.2) is 0 Å². The van der Waals surface area contributed by atoms with Crippen LogP contribution in [-0.2, 0) is 9.84 Å². The Hall–Kier alpha value is -1.89. The van der Waals surface area contributed by atoms with Crippen LogP contribution in [0.2, 0.25) is 0 Å². The number of carboxylic acids is 1. The molecule has 2 N–H and O–H groups in total. The van der Waals surface area contributed by atoms with Crippen molar-refractivity contribution < 1.29 is 23.1 Å². The molecule has 1 rings (SSSR count). The van der Waals surface area contributed by atoms with E-state index in [1.807, 2.05) is 0 Å². The molecule has 0 aliphatic heterocycles. The van der Waals surface area contributed by atoms with Gasteiger partial charge in [-0.15, -0.1) is 0 Å². The third-order valence-corrected chi connectivity index (χ3v) is 3.40. The third-order valence-electron chi connectivity index (χ3n) is 2.37. The molecular weight excluding hydrogens is 270 g/mol. The van der Waals surface area contributed by atoms with Crippen LogP contribution in [0, 0.1) is 0 Å². The second-order valence-corrected chi connectivity index (χ2v) is 6.38. The van der Waals surface area contributed by atoms with E-state index < -0.39 is 15.8 Å². The molecule has 0 radical (unpaired) electrons. The number of carboxylic acid groups (broad SMARTS) is 1. The maximum atomic E-state index is 11.6. The number of aromatic carboxylic acids is 1. The van der Waals surface area contributed by atoms with Crippen LogP contribution in [0.1, 0.15) is 27.1 Å². The summed E-state index contributed by atoms with van der Waals surface area (Å²) in [7, 11) is -3.02. The smallest absolute Gasteiger partial charge is 0.335 e.